The van der Waals surface area contributed by atoms with Crippen LogP contribution in [0.1, 0.15) is 32.1 Å². The van der Waals surface area contributed by atoms with Crippen LogP contribution < -0.4 is 5.32 Å². The third-order valence-electron chi connectivity index (χ3n) is 5.07. The highest BCUT2D eigenvalue weighted by molar-refractivity contribution is 6.30. The maximum absolute atomic E-state index is 5.93. The Kier molecular flexibility index (Phi) is 8.31. The van der Waals surface area contributed by atoms with Crippen LogP contribution in [0, 0.1) is 5.92 Å². The number of nitrogens with zero attached hydrogens (tertiary/aromatic N) is 4. The third-order valence-corrected chi connectivity index (χ3v) is 5.32. The van der Waals surface area contributed by atoms with E-state index in [0.717, 1.165) is 56.6 Å². The molecule has 3 rings (SSSR count). The molecule has 0 bridgehead atoms. The average Bonchev–Trinajstić information content (AvgIpc) is 3.21. The molecular weight excluding hydrogens is 390 g/mol. The molecule has 0 saturated carbocycles. The van der Waals surface area contributed by atoms with Crippen LogP contribution in [0.3, 0.4) is 0 Å². The lowest BCUT2D eigenvalue weighted by Crippen LogP contribution is -2.40. The van der Waals surface area contributed by atoms with Gasteiger partial charge in [0.1, 0.15) is 0 Å². The number of hydrogen-bond donors (Lipinski definition) is 1. The number of rotatable bonds is 8. The first-order valence-electron chi connectivity index (χ1n) is 10.3. The number of ether oxygens (including phenoxy) is 1. The molecule has 0 radical (unpaired) electrons. The van der Waals surface area contributed by atoms with Gasteiger partial charge in [0.25, 0.3) is 0 Å². The Morgan fingerprint density at radius 2 is 2.03 bits per heavy atom. The summed E-state index contributed by atoms with van der Waals surface area (Å²) in [6.45, 7) is 6.28. The molecule has 1 aliphatic heterocycles. The second-order valence-electron chi connectivity index (χ2n) is 7.27. The Bertz CT molecular complexity index is 772. The maximum Gasteiger partial charge on any atom is 0.228 e. The van der Waals surface area contributed by atoms with E-state index in [2.05, 4.69) is 34.3 Å². The zero-order chi connectivity index (χ0) is 20.5. The lowest BCUT2D eigenvalue weighted by molar-refractivity contribution is 0.0625. The summed E-state index contributed by atoms with van der Waals surface area (Å²) in [6, 6.07) is 7.39. The number of aromatic nitrogens is 2. The van der Waals surface area contributed by atoms with Crippen LogP contribution >= 0.6 is 11.6 Å². The Morgan fingerprint density at radius 1 is 1.28 bits per heavy atom. The number of guanidine groups is 1. The van der Waals surface area contributed by atoms with Gasteiger partial charge < -0.3 is 19.5 Å². The molecule has 1 aromatic carbocycles. The largest absolute Gasteiger partial charge is 0.381 e. The molecule has 0 atom stereocenters. The molecule has 7 nitrogen and oxygen atoms in total. The summed E-state index contributed by atoms with van der Waals surface area (Å²) in [5.74, 6) is 2.82. The Balaban J connectivity index is 1.51. The van der Waals surface area contributed by atoms with Gasteiger partial charge in [-0.05, 0) is 56.4 Å². The zero-order valence-corrected chi connectivity index (χ0v) is 18.0. The van der Waals surface area contributed by atoms with Crippen molar-refractivity contribution in [1.82, 2.24) is 20.4 Å². The van der Waals surface area contributed by atoms with E-state index in [4.69, 9.17) is 25.9 Å². The second kappa shape index (κ2) is 11.2. The van der Waals surface area contributed by atoms with Gasteiger partial charge in [-0.3, -0.25) is 4.99 Å². The van der Waals surface area contributed by atoms with Gasteiger partial charge in [-0.25, -0.2) is 0 Å². The summed E-state index contributed by atoms with van der Waals surface area (Å²) < 4.78 is 10.8. The topological polar surface area (TPSA) is 75.8 Å². The van der Waals surface area contributed by atoms with E-state index in [9.17, 15) is 0 Å². The number of hydrogen-bond acceptors (Lipinski definition) is 5. The van der Waals surface area contributed by atoms with E-state index in [1.807, 2.05) is 24.3 Å². The van der Waals surface area contributed by atoms with E-state index >= 15 is 0 Å². The first-order valence-corrected chi connectivity index (χ1v) is 10.7. The summed E-state index contributed by atoms with van der Waals surface area (Å²) in [5.41, 5.74) is 0.883. The van der Waals surface area contributed by atoms with E-state index in [-0.39, 0.29) is 0 Å². The SMILES string of the molecule is CCNC(=NCCc1nc(-c2ccc(Cl)cc2)no1)N(C)CCC1CCOCC1. The summed E-state index contributed by atoms with van der Waals surface area (Å²) in [7, 11) is 2.09. The van der Waals surface area contributed by atoms with Crippen molar-refractivity contribution in [3.8, 4) is 11.4 Å². The Hall–Kier alpha value is -2.12. The van der Waals surface area contributed by atoms with Crippen LogP contribution in [0.25, 0.3) is 11.4 Å². The molecule has 1 saturated heterocycles. The summed E-state index contributed by atoms with van der Waals surface area (Å²) >= 11 is 5.93. The van der Waals surface area contributed by atoms with Crippen LogP contribution in [0.5, 0.6) is 0 Å². The summed E-state index contributed by atoms with van der Waals surface area (Å²) in [5, 5.41) is 8.10. The molecular formula is C21H30ClN5O2. The zero-order valence-electron chi connectivity index (χ0n) is 17.2. The molecule has 0 amide bonds. The van der Waals surface area contributed by atoms with Gasteiger partial charge in [-0.2, -0.15) is 4.98 Å². The van der Waals surface area contributed by atoms with Crippen molar-refractivity contribution in [2.75, 3.05) is 39.9 Å². The standard InChI is InChI=1S/C21H30ClN5O2/c1-3-23-21(27(2)13-9-16-10-14-28-15-11-16)24-12-8-19-25-20(26-29-19)17-4-6-18(22)7-5-17/h4-7,16H,3,8-15H2,1-2H3,(H,23,24). The van der Waals surface area contributed by atoms with Crippen LogP contribution in [0.2, 0.25) is 5.02 Å². The molecule has 2 heterocycles. The third kappa shape index (κ3) is 6.72. The molecule has 8 heteroatoms. The molecule has 1 aromatic heterocycles. The van der Waals surface area contributed by atoms with Crippen molar-refractivity contribution in [2.24, 2.45) is 10.9 Å². The Morgan fingerprint density at radius 3 is 2.76 bits per heavy atom. The van der Waals surface area contributed by atoms with E-state index in [0.29, 0.717) is 29.7 Å². The van der Waals surface area contributed by atoms with Crippen molar-refractivity contribution in [3.05, 3.63) is 35.2 Å². The number of benzene rings is 1. The highest BCUT2D eigenvalue weighted by atomic mass is 35.5. The summed E-state index contributed by atoms with van der Waals surface area (Å²) in [6.07, 6.45) is 4.09. The smallest absolute Gasteiger partial charge is 0.228 e. The molecule has 158 valence electrons. The van der Waals surface area contributed by atoms with E-state index < -0.39 is 0 Å². The minimum Gasteiger partial charge on any atom is -0.381 e. The van der Waals surface area contributed by atoms with Crippen molar-refractivity contribution < 1.29 is 9.26 Å². The lowest BCUT2D eigenvalue weighted by Gasteiger charge is -2.26. The van der Waals surface area contributed by atoms with Gasteiger partial charge in [0.2, 0.25) is 11.7 Å². The van der Waals surface area contributed by atoms with Gasteiger partial charge in [-0.15, -0.1) is 0 Å². The number of nitrogens with one attached hydrogen (secondary N) is 1. The highest BCUT2D eigenvalue weighted by Crippen LogP contribution is 2.19. The molecule has 0 unspecified atom stereocenters. The van der Waals surface area contributed by atoms with Crippen LogP contribution in [0.4, 0.5) is 0 Å². The highest BCUT2D eigenvalue weighted by Gasteiger charge is 2.15. The summed E-state index contributed by atoms with van der Waals surface area (Å²) in [4.78, 5) is 11.4. The molecule has 1 N–H and O–H groups in total. The molecule has 1 aliphatic rings. The van der Waals surface area contributed by atoms with Crippen molar-refractivity contribution in [1.29, 1.82) is 0 Å². The minimum atomic E-state index is 0.570. The number of aliphatic imine (C=N–C) groups is 1. The predicted octanol–water partition coefficient (Wildman–Crippen LogP) is 3.65. The second-order valence-corrected chi connectivity index (χ2v) is 7.71. The average molecular weight is 420 g/mol. The van der Waals surface area contributed by atoms with E-state index in [1.165, 1.54) is 6.42 Å². The monoisotopic (exact) mass is 419 g/mol. The number of halogens is 1. The molecule has 2 aromatic rings. The lowest BCUT2D eigenvalue weighted by atomic mass is 9.96. The first-order chi connectivity index (χ1) is 14.2. The minimum absolute atomic E-state index is 0.570. The molecule has 29 heavy (non-hydrogen) atoms. The van der Waals surface area contributed by atoms with Crippen LogP contribution in [-0.4, -0.2) is 60.9 Å². The van der Waals surface area contributed by atoms with Crippen LogP contribution in [0.15, 0.2) is 33.8 Å². The quantitative estimate of drug-likeness (QED) is 0.520. The van der Waals surface area contributed by atoms with Crippen LogP contribution in [-0.2, 0) is 11.2 Å². The van der Waals surface area contributed by atoms with Crippen molar-refractivity contribution in [3.63, 3.8) is 0 Å². The fourth-order valence-corrected chi connectivity index (χ4v) is 3.44. The van der Waals surface area contributed by atoms with Gasteiger partial charge in [0, 0.05) is 50.4 Å². The first kappa shape index (κ1) is 21.6. The van der Waals surface area contributed by atoms with Gasteiger partial charge >= 0.3 is 0 Å². The van der Waals surface area contributed by atoms with Gasteiger partial charge in [0.05, 0.1) is 6.54 Å². The van der Waals surface area contributed by atoms with Gasteiger partial charge in [-0.1, -0.05) is 16.8 Å². The Labute approximate surface area is 177 Å². The molecule has 1 fully saturated rings. The molecule has 0 aliphatic carbocycles. The van der Waals surface area contributed by atoms with Crippen molar-refractivity contribution >= 4 is 17.6 Å². The van der Waals surface area contributed by atoms with E-state index in [1.54, 1.807) is 0 Å². The van der Waals surface area contributed by atoms with Crippen molar-refractivity contribution in [2.45, 2.75) is 32.6 Å². The molecule has 0 spiro atoms. The fraction of sp³-hybridized carbons (Fsp3) is 0.571. The predicted molar refractivity (Wildman–Crippen MR) is 115 cm³/mol. The normalized spacial score (nSPS) is 15.5. The fourth-order valence-electron chi connectivity index (χ4n) is 3.32. The van der Waals surface area contributed by atoms with Gasteiger partial charge in [0.15, 0.2) is 5.96 Å². The maximum atomic E-state index is 5.93.